The number of likely N-dealkylation sites (N-methyl/N-ethyl adjacent to an activating group) is 2. The number of nitrogens with two attached hydrogens (primary N) is 1. The number of rotatable bonds is 6. The largest absolute Gasteiger partial charge is 0.507 e. The van der Waals surface area contributed by atoms with E-state index < -0.39 is 11.6 Å². The predicted molar refractivity (Wildman–Crippen MR) is 112 cm³/mol. The van der Waals surface area contributed by atoms with Crippen LogP contribution in [0.4, 0.5) is 5.69 Å². The van der Waals surface area contributed by atoms with Gasteiger partial charge in [-0.2, -0.15) is 0 Å². The molecule has 1 aliphatic carbocycles. The number of anilines is 1. The predicted octanol–water partition coefficient (Wildman–Crippen LogP) is 1.66. The van der Waals surface area contributed by atoms with Gasteiger partial charge < -0.3 is 25.7 Å². The lowest BCUT2D eigenvalue weighted by Gasteiger charge is -2.26. The van der Waals surface area contributed by atoms with Gasteiger partial charge in [0.15, 0.2) is 11.6 Å². The van der Waals surface area contributed by atoms with Gasteiger partial charge in [-0.05, 0) is 70.4 Å². The van der Waals surface area contributed by atoms with Crippen LogP contribution in [0.15, 0.2) is 18.2 Å². The Morgan fingerprint density at radius 2 is 1.34 bits per heavy atom. The molecule has 3 rings (SSSR count). The topological polar surface area (TPSA) is 107 Å². The van der Waals surface area contributed by atoms with E-state index in [9.17, 15) is 19.8 Å². The van der Waals surface area contributed by atoms with E-state index in [1.165, 1.54) is 12.1 Å². The maximum atomic E-state index is 13.4. The summed E-state index contributed by atoms with van der Waals surface area (Å²) in [6.07, 6.45) is 1.16. The highest BCUT2D eigenvalue weighted by Gasteiger charge is 2.38. The summed E-state index contributed by atoms with van der Waals surface area (Å²) in [6, 6.07) is 4.29. The third-order valence-corrected chi connectivity index (χ3v) is 5.27. The maximum absolute atomic E-state index is 13.4. The summed E-state index contributed by atoms with van der Waals surface area (Å²) >= 11 is 0. The van der Waals surface area contributed by atoms with Crippen molar-refractivity contribution in [2.24, 2.45) is 0 Å². The fourth-order valence-corrected chi connectivity index (χ4v) is 3.76. The molecule has 2 aromatic carbocycles. The molecule has 0 saturated carbocycles. The highest BCUT2D eigenvalue weighted by molar-refractivity contribution is 6.32. The van der Waals surface area contributed by atoms with Crippen LogP contribution in [0.1, 0.15) is 43.0 Å². The number of carbonyl (C=O) groups excluding carboxylic acids is 2. The summed E-state index contributed by atoms with van der Waals surface area (Å²) in [5.41, 5.74) is 7.63. The van der Waals surface area contributed by atoms with E-state index in [0.717, 1.165) is 17.7 Å². The van der Waals surface area contributed by atoms with Crippen molar-refractivity contribution in [3.8, 4) is 11.5 Å². The van der Waals surface area contributed by atoms with E-state index in [-0.39, 0.29) is 39.4 Å². The first kappa shape index (κ1) is 20.8. The second-order valence-electron chi connectivity index (χ2n) is 7.97. The minimum absolute atomic E-state index is 0.0258. The zero-order valence-electron chi connectivity index (χ0n) is 17.2. The number of hydrogen-bond donors (Lipinski definition) is 3. The summed E-state index contributed by atoms with van der Waals surface area (Å²) in [6.45, 7) is 1.40. The smallest absolute Gasteiger partial charge is 0.200 e. The van der Waals surface area contributed by atoms with E-state index in [1.54, 1.807) is 6.07 Å². The molecule has 0 saturated heterocycles. The lowest BCUT2D eigenvalue weighted by Crippen LogP contribution is -2.27. The van der Waals surface area contributed by atoms with Crippen LogP contribution >= 0.6 is 0 Å². The van der Waals surface area contributed by atoms with Gasteiger partial charge in [0.2, 0.25) is 0 Å². The van der Waals surface area contributed by atoms with Gasteiger partial charge in [0, 0.05) is 24.3 Å². The van der Waals surface area contributed by atoms with Crippen molar-refractivity contribution in [3.63, 3.8) is 0 Å². The van der Waals surface area contributed by atoms with Crippen molar-refractivity contribution >= 4 is 17.3 Å². The molecule has 0 amide bonds. The summed E-state index contributed by atoms with van der Waals surface area (Å²) in [5.74, 6) is -1.52. The summed E-state index contributed by atoms with van der Waals surface area (Å²) in [7, 11) is 7.76. The van der Waals surface area contributed by atoms with Crippen LogP contribution in [0.25, 0.3) is 0 Å². The molecule has 0 unspecified atom stereocenters. The van der Waals surface area contributed by atoms with E-state index in [2.05, 4.69) is 0 Å². The summed E-state index contributed by atoms with van der Waals surface area (Å²) < 4.78 is 0. The van der Waals surface area contributed by atoms with Gasteiger partial charge in [0.05, 0.1) is 16.7 Å². The number of nitrogens with zero attached hydrogens (tertiary/aromatic N) is 2. The highest BCUT2D eigenvalue weighted by Crippen LogP contribution is 2.41. The lowest BCUT2D eigenvalue weighted by atomic mass is 9.78. The van der Waals surface area contributed by atoms with Gasteiger partial charge in [-0.1, -0.05) is 0 Å². The fourth-order valence-electron chi connectivity index (χ4n) is 3.76. The van der Waals surface area contributed by atoms with Crippen LogP contribution in [0.5, 0.6) is 11.5 Å². The Morgan fingerprint density at radius 3 is 1.97 bits per heavy atom. The molecule has 29 heavy (non-hydrogen) atoms. The molecule has 4 N–H and O–H groups in total. The molecule has 1 aliphatic rings. The third-order valence-electron chi connectivity index (χ3n) is 5.27. The van der Waals surface area contributed by atoms with Crippen LogP contribution in [0.2, 0.25) is 0 Å². The van der Waals surface area contributed by atoms with E-state index >= 15 is 0 Å². The molecule has 7 heteroatoms. The van der Waals surface area contributed by atoms with Crippen LogP contribution in [0, 0.1) is 0 Å². The second-order valence-corrected chi connectivity index (χ2v) is 7.97. The number of fused-ring (bicyclic) bond motifs is 2. The molecule has 0 aliphatic heterocycles. The fraction of sp³-hybridized carbons (Fsp3) is 0.364. The number of aromatic hydroxyl groups is 2. The average Bonchev–Trinajstić information content (AvgIpc) is 2.64. The minimum Gasteiger partial charge on any atom is -0.507 e. The first-order valence-electron chi connectivity index (χ1n) is 9.51. The number of benzene rings is 2. The molecule has 0 spiro atoms. The zero-order chi connectivity index (χ0) is 21.5. The summed E-state index contributed by atoms with van der Waals surface area (Å²) in [4.78, 5) is 30.6. The standard InChI is InChI=1S/C22H27N3O4/c1-24(2)9-7-12-11-16(27)20-17(13(12)8-10-25(3)4)21(28)19-15(26)6-5-14(23)18(19)22(20)29/h5-6,11,26-27H,7-10,23H2,1-4H3. The van der Waals surface area contributed by atoms with Gasteiger partial charge in [-0.25, -0.2) is 0 Å². The molecule has 0 bridgehead atoms. The molecular formula is C22H27N3O4. The second kappa shape index (κ2) is 7.85. The third kappa shape index (κ3) is 3.71. The molecule has 0 heterocycles. The van der Waals surface area contributed by atoms with Crippen LogP contribution in [-0.2, 0) is 12.8 Å². The van der Waals surface area contributed by atoms with Gasteiger partial charge in [-0.3, -0.25) is 9.59 Å². The molecule has 7 nitrogen and oxygen atoms in total. The van der Waals surface area contributed by atoms with Gasteiger partial charge in [0.25, 0.3) is 0 Å². The number of nitrogen functional groups attached to an aromatic ring is 1. The zero-order valence-corrected chi connectivity index (χ0v) is 17.2. The molecule has 0 radical (unpaired) electrons. The molecule has 2 aromatic rings. The SMILES string of the molecule is CN(C)CCc1cc(O)c2c(c1CCN(C)C)C(=O)c1c(O)ccc(N)c1C2=O. The molecule has 0 atom stereocenters. The molecule has 0 fully saturated rings. The van der Waals surface area contributed by atoms with Crippen molar-refractivity contribution in [2.75, 3.05) is 47.0 Å². The number of phenols is 2. The Hall–Kier alpha value is -2.90. The Bertz CT molecular complexity index is 996. The minimum atomic E-state index is -0.536. The van der Waals surface area contributed by atoms with Crippen LogP contribution in [0.3, 0.4) is 0 Å². The number of hydrogen-bond acceptors (Lipinski definition) is 7. The number of ketones is 2. The lowest BCUT2D eigenvalue weighted by molar-refractivity contribution is 0.0974. The molecule has 0 aromatic heterocycles. The monoisotopic (exact) mass is 397 g/mol. The van der Waals surface area contributed by atoms with Crippen molar-refractivity contribution in [3.05, 3.63) is 51.6 Å². The maximum Gasteiger partial charge on any atom is 0.200 e. The van der Waals surface area contributed by atoms with Crippen molar-refractivity contribution in [1.29, 1.82) is 0 Å². The van der Waals surface area contributed by atoms with Gasteiger partial charge >= 0.3 is 0 Å². The summed E-state index contributed by atoms with van der Waals surface area (Å²) in [5, 5.41) is 21.0. The van der Waals surface area contributed by atoms with E-state index in [4.69, 9.17) is 5.73 Å². The quantitative estimate of drug-likeness (QED) is 0.429. The van der Waals surface area contributed by atoms with Gasteiger partial charge in [0.1, 0.15) is 11.5 Å². The van der Waals surface area contributed by atoms with Crippen molar-refractivity contribution < 1.29 is 19.8 Å². The normalized spacial score (nSPS) is 13.2. The van der Waals surface area contributed by atoms with Crippen molar-refractivity contribution in [1.82, 2.24) is 9.80 Å². The van der Waals surface area contributed by atoms with E-state index in [0.29, 0.717) is 19.4 Å². The molecule has 154 valence electrons. The highest BCUT2D eigenvalue weighted by atomic mass is 16.3. The van der Waals surface area contributed by atoms with Crippen molar-refractivity contribution in [2.45, 2.75) is 12.8 Å². The Kier molecular flexibility index (Phi) is 5.64. The Morgan fingerprint density at radius 1 is 0.793 bits per heavy atom. The Labute approximate surface area is 170 Å². The first-order chi connectivity index (χ1) is 13.6. The average molecular weight is 397 g/mol. The molecular weight excluding hydrogens is 370 g/mol. The van der Waals surface area contributed by atoms with E-state index in [1.807, 2.05) is 38.0 Å². The number of carbonyl (C=O) groups is 2. The van der Waals surface area contributed by atoms with Crippen LogP contribution < -0.4 is 5.73 Å². The van der Waals surface area contributed by atoms with Gasteiger partial charge in [-0.15, -0.1) is 0 Å². The number of phenolic OH excluding ortho intramolecular Hbond substituents is 2. The van der Waals surface area contributed by atoms with Crippen LogP contribution in [-0.4, -0.2) is 72.9 Å². The Balaban J connectivity index is 2.26. The first-order valence-corrected chi connectivity index (χ1v) is 9.51.